The number of imidazole rings is 2. The Morgan fingerprint density at radius 2 is 1.91 bits per heavy atom. The first kappa shape index (κ1) is 20.7. The van der Waals surface area contributed by atoms with Gasteiger partial charge in [0.25, 0.3) is 5.91 Å². The highest BCUT2D eigenvalue weighted by Crippen LogP contribution is 2.29. The standard InChI is InChI=1S/C23H25N9O/c1-13-27-19(20-21(24)25-7-9-31(13)20)14-6-8-32-15(12-26-17(32)10-14)22(33)28-18-11-16(23(2,3)4)29-30(18)5/h6-12H,1-5H3,(H2,24,25)(H,28,33). The second-order valence-electron chi connectivity index (χ2n) is 9.07. The number of aryl methyl sites for hydroxylation is 2. The minimum atomic E-state index is -0.268. The first-order chi connectivity index (χ1) is 15.6. The van der Waals surface area contributed by atoms with Gasteiger partial charge in [0, 0.05) is 42.7 Å². The molecule has 33 heavy (non-hydrogen) atoms. The number of anilines is 2. The summed E-state index contributed by atoms with van der Waals surface area (Å²) >= 11 is 0. The predicted octanol–water partition coefficient (Wildman–Crippen LogP) is 3.22. The molecule has 5 rings (SSSR count). The summed E-state index contributed by atoms with van der Waals surface area (Å²) in [5, 5.41) is 7.45. The molecule has 0 saturated carbocycles. The molecule has 5 aromatic heterocycles. The van der Waals surface area contributed by atoms with E-state index >= 15 is 0 Å². The molecule has 0 bridgehead atoms. The fraction of sp³-hybridized carbons (Fsp3) is 0.261. The number of rotatable bonds is 3. The summed E-state index contributed by atoms with van der Waals surface area (Å²) in [6.07, 6.45) is 6.85. The Morgan fingerprint density at radius 1 is 1.12 bits per heavy atom. The lowest BCUT2D eigenvalue weighted by Crippen LogP contribution is -2.16. The maximum Gasteiger partial charge on any atom is 0.275 e. The summed E-state index contributed by atoms with van der Waals surface area (Å²) in [5.41, 5.74) is 10.3. The number of carbonyl (C=O) groups excluding carboxylic acids is 1. The lowest BCUT2D eigenvalue weighted by molar-refractivity contribution is 0.102. The summed E-state index contributed by atoms with van der Waals surface area (Å²) < 4.78 is 5.32. The molecule has 3 N–H and O–H groups in total. The fourth-order valence-electron chi connectivity index (χ4n) is 3.84. The number of nitrogens with one attached hydrogen (secondary N) is 1. The highest BCUT2D eigenvalue weighted by molar-refractivity contribution is 6.03. The summed E-state index contributed by atoms with van der Waals surface area (Å²) in [6.45, 7) is 8.16. The van der Waals surface area contributed by atoms with Crippen LogP contribution in [-0.2, 0) is 12.5 Å². The molecule has 168 valence electrons. The van der Waals surface area contributed by atoms with Crippen LogP contribution in [0, 0.1) is 6.92 Å². The van der Waals surface area contributed by atoms with Crippen LogP contribution in [0.1, 0.15) is 42.8 Å². The van der Waals surface area contributed by atoms with Crippen LogP contribution in [0.15, 0.2) is 43.0 Å². The van der Waals surface area contributed by atoms with Gasteiger partial charge in [0.1, 0.15) is 40.0 Å². The molecule has 0 unspecified atom stereocenters. The molecule has 1 amide bonds. The quantitative estimate of drug-likeness (QED) is 0.442. The molecule has 0 saturated heterocycles. The van der Waals surface area contributed by atoms with Gasteiger partial charge in [-0.15, -0.1) is 0 Å². The van der Waals surface area contributed by atoms with Crippen LogP contribution in [-0.4, -0.2) is 39.4 Å². The van der Waals surface area contributed by atoms with Crippen LogP contribution in [0.25, 0.3) is 22.4 Å². The highest BCUT2D eigenvalue weighted by Gasteiger charge is 2.21. The van der Waals surface area contributed by atoms with Crippen molar-refractivity contribution < 1.29 is 4.79 Å². The van der Waals surface area contributed by atoms with Gasteiger partial charge in [-0.1, -0.05) is 20.8 Å². The molecule has 0 aliphatic heterocycles. The summed E-state index contributed by atoms with van der Waals surface area (Å²) in [5.74, 6) is 1.57. The van der Waals surface area contributed by atoms with E-state index in [1.807, 2.05) is 49.0 Å². The van der Waals surface area contributed by atoms with Crippen LogP contribution < -0.4 is 11.1 Å². The Bertz CT molecular complexity index is 1530. The first-order valence-electron chi connectivity index (χ1n) is 10.6. The van der Waals surface area contributed by atoms with Crippen molar-refractivity contribution in [3.63, 3.8) is 0 Å². The molecule has 5 heterocycles. The predicted molar refractivity (Wildman–Crippen MR) is 126 cm³/mol. The van der Waals surface area contributed by atoms with E-state index in [2.05, 4.69) is 46.1 Å². The van der Waals surface area contributed by atoms with Gasteiger partial charge >= 0.3 is 0 Å². The SMILES string of the molecule is Cc1nc(-c2ccn3c(C(=O)Nc4cc(C(C)(C)C)nn4C)cnc3c2)c2c(N)nccn12. The number of fused-ring (bicyclic) bond motifs is 2. The maximum atomic E-state index is 13.0. The first-order valence-corrected chi connectivity index (χ1v) is 10.6. The van der Waals surface area contributed by atoms with Gasteiger partial charge in [-0.3, -0.25) is 18.3 Å². The number of aromatic nitrogens is 7. The van der Waals surface area contributed by atoms with Crippen LogP contribution in [0.5, 0.6) is 0 Å². The summed E-state index contributed by atoms with van der Waals surface area (Å²) in [4.78, 5) is 26.3. The van der Waals surface area contributed by atoms with Gasteiger partial charge in [0.2, 0.25) is 0 Å². The van der Waals surface area contributed by atoms with Gasteiger partial charge in [-0.25, -0.2) is 15.0 Å². The maximum absolute atomic E-state index is 13.0. The third-order valence-corrected chi connectivity index (χ3v) is 5.67. The van der Waals surface area contributed by atoms with Crippen molar-refractivity contribution in [2.75, 3.05) is 11.1 Å². The van der Waals surface area contributed by atoms with E-state index in [1.165, 1.54) is 0 Å². The van der Waals surface area contributed by atoms with Crippen molar-refractivity contribution in [2.45, 2.75) is 33.1 Å². The Morgan fingerprint density at radius 3 is 2.64 bits per heavy atom. The van der Waals surface area contributed by atoms with E-state index in [1.54, 1.807) is 21.5 Å². The molecule has 0 aliphatic carbocycles. The second kappa shape index (κ2) is 7.16. The Hall–Kier alpha value is -4.21. The van der Waals surface area contributed by atoms with E-state index in [9.17, 15) is 4.79 Å². The van der Waals surface area contributed by atoms with Gasteiger partial charge in [-0.05, 0) is 19.1 Å². The van der Waals surface area contributed by atoms with Crippen molar-refractivity contribution in [3.05, 3.63) is 60.2 Å². The van der Waals surface area contributed by atoms with Crippen molar-refractivity contribution in [3.8, 4) is 11.3 Å². The monoisotopic (exact) mass is 443 g/mol. The third kappa shape index (κ3) is 3.39. The zero-order valence-electron chi connectivity index (χ0n) is 19.2. The molecule has 0 aliphatic rings. The molecular weight excluding hydrogens is 418 g/mol. The fourth-order valence-corrected chi connectivity index (χ4v) is 3.84. The van der Waals surface area contributed by atoms with Crippen molar-refractivity contribution in [1.29, 1.82) is 0 Å². The number of carbonyl (C=O) groups is 1. The molecular formula is C23H25N9O. The Kier molecular flexibility index (Phi) is 4.48. The molecule has 10 heteroatoms. The zero-order valence-corrected chi connectivity index (χ0v) is 19.2. The minimum Gasteiger partial charge on any atom is -0.382 e. The molecule has 0 atom stereocenters. The van der Waals surface area contributed by atoms with E-state index in [0.29, 0.717) is 23.0 Å². The molecule has 0 fully saturated rings. The molecule has 0 aromatic carbocycles. The van der Waals surface area contributed by atoms with Gasteiger partial charge < -0.3 is 11.1 Å². The van der Waals surface area contributed by atoms with Gasteiger partial charge in [-0.2, -0.15) is 5.10 Å². The number of nitrogens with two attached hydrogens (primary N) is 1. The minimum absolute atomic E-state index is 0.116. The number of nitrogens with zero attached hydrogens (tertiary/aromatic N) is 7. The summed E-state index contributed by atoms with van der Waals surface area (Å²) in [7, 11) is 1.81. The average molecular weight is 444 g/mol. The van der Waals surface area contributed by atoms with E-state index in [-0.39, 0.29) is 11.3 Å². The second-order valence-corrected chi connectivity index (χ2v) is 9.07. The largest absolute Gasteiger partial charge is 0.382 e. The van der Waals surface area contributed by atoms with Gasteiger partial charge in [0.15, 0.2) is 0 Å². The average Bonchev–Trinajstić information content (AvgIpc) is 3.44. The van der Waals surface area contributed by atoms with Gasteiger partial charge in [0.05, 0.1) is 11.9 Å². The number of nitrogen functional groups attached to an aromatic ring is 1. The van der Waals surface area contributed by atoms with Crippen LogP contribution in [0.2, 0.25) is 0 Å². The van der Waals surface area contributed by atoms with E-state index in [0.717, 1.165) is 28.3 Å². The Balaban J connectivity index is 1.50. The van der Waals surface area contributed by atoms with Crippen molar-refractivity contribution in [2.24, 2.45) is 7.05 Å². The highest BCUT2D eigenvalue weighted by atomic mass is 16.2. The number of pyridine rings is 1. The summed E-state index contributed by atoms with van der Waals surface area (Å²) in [6, 6.07) is 5.66. The molecule has 10 nitrogen and oxygen atoms in total. The van der Waals surface area contributed by atoms with E-state index in [4.69, 9.17) is 5.73 Å². The lowest BCUT2D eigenvalue weighted by atomic mass is 9.92. The normalized spacial score (nSPS) is 12.0. The third-order valence-electron chi connectivity index (χ3n) is 5.67. The topological polar surface area (TPSA) is 120 Å². The van der Waals surface area contributed by atoms with Crippen LogP contribution in [0.3, 0.4) is 0 Å². The Labute approximate surface area is 190 Å². The smallest absolute Gasteiger partial charge is 0.275 e. The van der Waals surface area contributed by atoms with E-state index < -0.39 is 0 Å². The zero-order chi connectivity index (χ0) is 23.5. The number of amides is 1. The number of hydrogen-bond acceptors (Lipinski definition) is 6. The van der Waals surface area contributed by atoms with Crippen LogP contribution in [0.4, 0.5) is 11.6 Å². The number of hydrogen-bond donors (Lipinski definition) is 2. The van der Waals surface area contributed by atoms with Crippen LogP contribution >= 0.6 is 0 Å². The van der Waals surface area contributed by atoms with Crippen molar-refractivity contribution >= 4 is 28.7 Å². The van der Waals surface area contributed by atoms with Crippen molar-refractivity contribution in [1.82, 2.24) is 33.5 Å². The lowest BCUT2D eigenvalue weighted by Gasteiger charge is -2.13. The molecule has 0 radical (unpaired) electrons. The molecule has 0 spiro atoms. The molecule has 5 aromatic rings.